The van der Waals surface area contributed by atoms with Crippen LogP contribution >= 0.6 is 0 Å². The lowest BCUT2D eigenvalue weighted by Crippen LogP contribution is -2.35. The average Bonchev–Trinajstić information content (AvgIpc) is 2.37. The molecule has 3 nitrogen and oxygen atoms in total. The van der Waals surface area contributed by atoms with Crippen LogP contribution in [-0.2, 0) is 0 Å². The van der Waals surface area contributed by atoms with Gasteiger partial charge in [-0.2, -0.15) is 0 Å². The maximum Gasteiger partial charge on any atom is 0.317 e. The van der Waals surface area contributed by atoms with Gasteiger partial charge in [-0.25, -0.2) is 4.79 Å². The van der Waals surface area contributed by atoms with Crippen LogP contribution in [0, 0.1) is 0 Å². The van der Waals surface area contributed by atoms with Gasteiger partial charge in [0.25, 0.3) is 0 Å². The van der Waals surface area contributed by atoms with Gasteiger partial charge in [0.1, 0.15) is 0 Å². The summed E-state index contributed by atoms with van der Waals surface area (Å²) in [6, 6.07) is 0.0625. The molecule has 52 valence electrons. The van der Waals surface area contributed by atoms with Gasteiger partial charge in [-0.3, -0.25) is 0 Å². The Labute approximate surface area is 55.0 Å². The van der Waals surface area contributed by atoms with Gasteiger partial charge in [0.2, 0.25) is 0 Å². The monoisotopic (exact) mass is 128 g/mol. The van der Waals surface area contributed by atoms with E-state index < -0.39 is 0 Å². The highest BCUT2D eigenvalue weighted by molar-refractivity contribution is 5.73. The zero-order chi connectivity index (χ0) is 6.69. The van der Waals surface area contributed by atoms with Crippen LogP contribution in [0.4, 0.5) is 4.79 Å². The van der Waals surface area contributed by atoms with Crippen LogP contribution < -0.4 is 5.32 Å². The van der Waals surface area contributed by atoms with Crippen LogP contribution in [0.3, 0.4) is 0 Å². The Morgan fingerprint density at radius 3 is 2.44 bits per heavy atom. The molecule has 0 aromatic rings. The van der Waals surface area contributed by atoms with Crippen LogP contribution in [0.5, 0.6) is 0 Å². The van der Waals surface area contributed by atoms with E-state index in [1.165, 1.54) is 0 Å². The molecule has 0 aromatic heterocycles. The fourth-order valence-corrected chi connectivity index (χ4v) is 1.08. The van der Waals surface area contributed by atoms with Gasteiger partial charge < -0.3 is 10.2 Å². The normalized spacial score (nSPS) is 18.1. The number of hydrogen-bond acceptors (Lipinski definition) is 1. The van der Waals surface area contributed by atoms with Crippen molar-refractivity contribution in [1.82, 2.24) is 10.2 Å². The van der Waals surface area contributed by atoms with E-state index in [-0.39, 0.29) is 6.03 Å². The quantitative estimate of drug-likeness (QED) is 0.504. The van der Waals surface area contributed by atoms with Crippen LogP contribution in [-0.4, -0.2) is 31.1 Å². The lowest BCUT2D eigenvalue weighted by Gasteiger charge is -2.13. The first-order valence-corrected chi connectivity index (χ1v) is 3.31. The van der Waals surface area contributed by atoms with Crippen molar-refractivity contribution in [2.24, 2.45) is 0 Å². The summed E-state index contributed by atoms with van der Waals surface area (Å²) in [4.78, 5) is 12.7. The minimum absolute atomic E-state index is 0.0625. The zero-order valence-corrected chi connectivity index (χ0v) is 5.68. The number of nitrogens with zero attached hydrogens (tertiary/aromatic N) is 1. The Bertz CT molecular complexity index is 108. The molecule has 1 rings (SSSR count). The molecule has 0 aliphatic carbocycles. The highest BCUT2D eigenvalue weighted by Crippen LogP contribution is 2.06. The number of likely N-dealkylation sites (tertiary alicyclic amines) is 1. The number of carbonyl (C=O) groups is 1. The van der Waals surface area contributed by atoms with E-state index in [0.29, 0.717) is 0 Å². The van der Waals surface area contributed by atoms with E-state index in [1.807, 2.05) is 4.90 Å². The lowest BCUT2D eigenvalue weighted by molar-refractivity contribution is 0.211. The summed E-state index contributed by atoms with van der Waals surface area (Å²) in [7, 11) is 1.67. The molecule has 1 heterocycles. The molecule has 0 spiro atoms. The zero-order valence-electron chi connectivity index (χ0n) is 5.68. The van der Waals surface area contributed by atoms with Gasteiger partial charge >= 0.3 is 6.03 Å². The predicted molar refractivity (Wildman–Crippen MR) is 35.3 cm³/mol. The lowest BCUT2D eigenvalue weighted by atomic mass is 10.4. The average molecular weight is 128 g/mol. The molecule has 9 heavy (non-hydrogen) atoms. The van der Waals surface area contributed by atoms with Gasteiger partial charge in [-0.05, 0) is 12.8 Å². The van der Waals surface area contributed by atoms with Crippen molar-refractivity contribution < 1.29 is 4.79 Å². The number of amides is 2. The van der Waals surface area contributed by atoms with Crippen molar-refractivity contribution in [3.05, 3.63) is 0 Å². The van der Waals surface area contributed by atoms with Gasteiger partial charge in [0.15, 0.2) is 0 Å². The summed E-state index contributed by atoms with van der Waals surface area (Å²) in [5.74, 6) is 0. The molecular weight excluding hydrogens is 116 g/mol. The molecule has 1 aliphatic rings. The van der Waals surface area contributed by atoms with Gasteiger partial charge in [-0.1, -0.05) is 0 Å². The summed E-state index contributed by atoms with van der Waals surface area (Å²) in [5, 5.41) is 2.59. The SMILES string of the molecule is CNC(=O)N1CCCC1. The van der Waals surface area contributed by atoms with Gasteiger partial charge in [-0.15, -0.1) is 0 Å². The second-order valence-corrected chi connectivity index (χ2v) is 2.25. The molecule has 0 aromatic carbocycles. The third-order valence-electron chi connectivity index (χ3n) is 1.61. The second-order valence-electron chi connectivity index (χ2n) is 2.25. The molecule has 1 aliphatic heterocycles. The first-order chi connectivity index (χ1) is 4.34. The molecule has 2 amide bonds. The molecular formula is C6H12N2O. The van der Waals surface area contributed by atoms with Crippen molar-refractivity contribution >= 4 is 6.03 Å². The first kappa shape index (κ1) is 6.39. The number of carbonyl (C=O) groups excluding carboxylic acids is 1. The number of rotatable bonds is 0. The molecule has 0 bridgehead atoms. The highest BCUT2D eigenvalue weighted by Gasteiger charge is 2.15. The van der Waals surface area contributed by atoms with Crippen LogP contribution in [0.25, 0.3) is 0 Å². The molecule has 0 saturated carbocycles. The van der Waals surface area contributed by atoms with Crippen molar-refractivity contribution in [3.63, 3.8) is 0 Å². The van der Waals surface area contributed by atoms with Crippen molar-refractivity contribution in [2.45, 2.75) is 12.8 Å². The third kappa shape index (κ3) is 1.34. The van der Waals surface area contributed by atoms with Crippen LogP contribution in [0.15, 0.2) is 0 Å². The number of urea groups is 1. The summed E-state index contributed by atoms with van der Waals surface area (Å²) in [5.41, 5.74) is 0. The Morgan fingerprint density at radius 2 is 2.00 bits per heavy atom. The molecule has 1 N–H and O–H groups in total. The minimum atomic E-state index is 0.0625. The van der Waals surface area contributed by atoms with Crippen LogP contribution in [0.2, 0.25) is 0 Å². The van der Waals surface area contributed by atoms with E-state index >= 15 is 0 Å². The largest absolute Gasteiger partial charge is 0.341 e. The maximum atomic E-state index is 10.8. The molecule has 1 fully saturated rings. The Kier molecular flexibility index (Phi) is 1.92. The number of hydrogen-bond donors (Lipinski definition) is 1. The Hall–Kier alpha value is -0.730. The van der Waals surface area contributed by atoms with E-state index in [2.05, 4.69) is 5.32 Å². The third-order valence-corrected chi connectivity index (χ3v) is 1.61. The predicted octanol–water partition coefficient (Wildman–Crippen LogP) is 0.422. The van der Waals surface area contributed by atoms with Crippen molar-refractivity contribution in [1.29, 1.82) is 0 Å². The fourth-order valence-electron chi connectivity index (χ4n) is 1.08. The van der Waals surface area contributed by atoms with E-state index in [1.54, 1.807) is 7.05 Å². The van der Waals surface area contributed by atoms with E-state index in [0.717, 1.165) is 25.9 Å². The molecule has 1 saturated heterocycles. The molecule has 0 radical (unpaired) electrons. The molecule has 3 heteroatoms. The molecule has 0 unspecified atom stereocenters. The smallest absolute Gasteiger partial charge is 0.317 e. The standard InChI is InChI=1S/C6H12N2O/c1-7-6(9)8-4-2-3-5-8/h2-5H2,1H3,(H,7,9). The second kappa shape index (κ2) is 2.71. The molecule has 0 atom stereocenters. The first-order valence-electron chi connectivity index (χ1n) is 3.31. The van der Waals surface area contributed by atoms with Crippen molar-refractivity contribution in [2.75, 3.05) is 20.1 Å². The van der Waals surface area contributed by atoms with Crippen LogP contribution in [0.1, 0.15) is 12.8 Å². The number of nitrogens with one attached hydrogen (secondary N) is 1. The van der Waals surface area contributed by atoms with E-state index in [9.17, 15) is 4.79 Å². The Balaban J connectivity index is 2.32. The summed E-state index contributed by atoms with van der Waals surface area (Å²) in [6.07, 6.45) is 2.32. The summed E-state index contributed by atoms with van der Waals surface area (Å²) in [6.45, 7) is 1.86. The fraction of sp³-hybridized carbons (Fsp3) is 0.833. The minimum Gasteiger partial charge on any atom is -0.341 e. The Morgan fingerprint density at radius 1 is 1.44 bits per heavy atom. The van der Waals surface area contributed by atoms with E-state index in [4.69, 9.17) is 0 Å². The van der Waals surface area contributed by atoms with Gasteiger partial charge in [0.05, 0.1) is 0 Å². The van der Waals surface area contributed by atoms with Gasteiger partial charge in [0, 0.05) is 20.1 Å². The summed E-state index contributed by atoms with van der Waals surface area (Å²) >= 11 is 0. The highest BCUT2D eigenvalue weighted by atomic mass is 16.2. The summed E-state index contributed by atoms with van der Waals surface area (Å²) < 4.78 is 0. The topological polar surface area (TPSA) is 32.3 Å². The van der Waals surface area contributed by atoms with Crippen molar-refractivity contribution in [3.8, 4) is 0 Å². The maximum absolute atomic E-state index is 10.8.